The first kappa shape index (κ1) is 12.0. The Balaban J connectivity index is 2.66. The highest BCUT2D eigenvalue weighted by Gasteiger charge is 2.07. The number of rotatable bonds is 6. The zero-order chi connectivity index (χ0) is 11.3. The molecule has 0 bridgehead atoms. The number of imidazole rings is 1. The van der Waals surface area contributed by atoms with E-state index in [1.54, 1.807) is 28.6 Å². The van der Waals surface area contributed by atoms with Gasteiger partial charge >= 0.3 is 5.69 Å². The zero-order valence-electron chi connectivity index (χ0n) is 9.35. The molecule has 0 aliphatic heterocycles. The molecule has 0 amide bonds. The van der Waals surface area contributed by atoms with E-state index >= 15 is 0 Å². The predicted octanol–water partition coefficient (Wildman–Crippen LogP) is 0.0335. The number of aromatic nitrogens is 2. The summed E-state index contributed by atoms with van der Waals surface area (Å²) in [6, 6.07) is -0.134. The zero-order valence-corrected chi connectivity index (χ0v) is 9.35. The van der Waals surface area contributed by atoms with E-state index in [-0.39, 0.29) is 11.7 Å². The van der Waals surface area contributed by atoms with Gasteiger partial charge in [0, 0.05) is 38.6 Å². The minimum atomic E-state index is -0.134. The Bertz CT molecular complexity index is 343. The van der Waals surface area contributed by atoms with Gasteiger partial charge in [0.05, 0.1) is 6.61 Å². The molecule has 1 rings (SSSR count). The molecule has 0 fully saturated rings. The maximum Gasteiger partial charge on any atom is 0.328 e. The molecular weight excluding hydrogens is 194 g/mol. The molecule has 86 valence electrons. The molecule has 2 N–H and O–H groups in total. The van der Waals surface area contributed by atoms with Gasteiger partial charge in [0.2, 0.25) is 0 Å². The second kappa shape index (κ2) is 5.72. The van der Waals surface area contributed by atoms with Crippen molar-refractivity contribution in [2.75, 3.05) is 13.7 Å². The Morgan fingerprint density at radius 1 is 1.47 bits per heavy atom. The molecule has 0 spiro atoms. The molecule has 0 saturated carbocycles. The summed E-state index contributed by atoms with van der Waals surface area (Å²) in [5.41, 5.74) is 5.78. The summed E-state index contributed by atoms with van der Waals surface area (Å²) in [7, 11) is 1.60. The smallest absolute Gasteiger partial charge is 0.328 e. The number of ether oxygens (including phenoxy) is 1. The molecule has 5 heteroatoms. The van der Waals surface area contributed by atoms with Crippen LogP contribution in [0.1, 0.15) is 13.3 Å². The van der Waals surface area contributed by atoms with Crippen LogP contribution >= 0.6 is 0 Å². The number of methoxy groups -OCH3 is 1. The van der Waals surface area contributed by atoms with Crippen LogP contribution in [-0.4, -0.2) is 28.9 Å². The SMILES string of the molecule is CCCn1ccn(CC(N)COC)c1=O. The molecule has 0 radical (unpaired) electrons. The van der Waals surface area contributed by atoms with E-state index in [4.69, 9.17) is 10.5 Å². The standard InChI is InChI=1S/C10H19N3O2/c1-3-4-12-5-6-13(10(12)14)7-9(11)8-15-2/h5-6,9H,3-4,7-8,11H2,1-2H3. The van der Waals surface area contributed by atoms with Crippen LogP contribution in [0.2, 0.25) is 0 Å². The van der Waals surface area contributed by atoms with Crippen LogP contribution in [0.3, 0.4) is 0 Å². The molecule has 5 nitrogen and oxygen atoms in total. The number of nitrogens with two attached hydrogens (primary N) is 1. The Labute approximate surface area is 89.4 Å². The molecular formula is C10H19N3O2. The Morgan fingerprint density at radius 3 is 2.73 bits per heavy atom. The largest absolute Gasteiger partial charge is 0.383 e. The summed E-state index contributed by atoms with van der Waals surface area (Å²) >= 11 is 0. The molecule has 0 aliphatic carbocycles. The van der Waals surface area contributed by atoms with Crippen molar-refractivity contribution in [1.29, 1.82) is 0 Å². The third-order valence-electron chi connectivity index (χ3n) is 2.19. The first-order valence-electron chi connectivity index (χ1n) is 5.19. The van der Waals surface area contributed by atoms with Crippen molar-refractivity contribution in [1.82, 2.24) is 9.13 Å². The minimum Gasteiger partial charge on any atom is -0.383 e. The first-order valence-corrected chi connectivity index (χ1v) is 5.19. The molecule has 15 heavy (non-hydrogen) atoms. The maximum absolute atomic E-state index is 11.7. The van der Waals surface area contributed by atoms with Crippen LogP contribution in [0.4, 0.5) is 0 Å². The van der Waals surface area contributed by atoms with E-state index in [9.17, 15) is 4.79 Å². The summed E-state index contributed by atoms with van der Waals surface area (Å²) in [5, 5.41) is 0. The molecule has 0 aromatic carbocycles. The van der Waals surface area contributed by atoms with Crippen molar-refractivity contribution in [2.45, 2.75) is 32.5 Å². The van der Waals surface area contributed by atoms with Crippen LogP contribution in [0.25, 0.3) is 0 Å². The Kier molecular flexibility index (Phi) is 4.58. The van der Waals surface area contributed by atoms with E-state index < -0.39 is 0 Å². The van der Waals surface area contributed by atoms with Crippen LogP contribution in [0.15, 0.2) is 17.2 Å². The number of nitrogens with zero attached hydrogens (tertiary/aromatic N) is 2. The van der Waals surface area contributed by atoms with E-state index in [1.807, 2.05) is 6.92 Å². The number of aryl methyl sites for hydroxylation is 1. The monoisotopic (exact) mass is 213 g/mol. The predicted molar refractivity (Wildman–Crippen MR) is 58.8 cm³/mol. The van der Waals surface area contributed by atoms with Crippen molar-refractivity contribution >= 4 is 0 Å². The third-order valence-corrected chi connectivity index (χ3v) is 2.19. The summed E-state index contributed by atoms with van der Waals surface area (Å²) in [4.78, 5) is 11.7. The molecule has 0 aliphatic rings. The van der Waals surface area contributed by atoms with Crippen LogP contribution in [-0.2, 0) is 17.8 Å². The fraction of sp³-hybridized carbons (Fsp3) is 0.700. The van der Waals surface area contributed by atoms with Crippen molar-refractivity contribution in [3.05, 3.63) is 22.9 Å². The fourth-order valence-corrected chi connectivity index (χ4v) is 1.52. The Hall–Kier alpha value is -1.07. The van der Waals surface area contributed by atoms with E-state index in [0.29, 0.717) is 13.2 Å². The summed E-state index contributed by atoms with van der Waals surface area (Å²) in [5.74, 6) is 0. The van der Waals surface area contributed by atoms with Crippen molar-refractivity contribution in [3.8, 4) is 0 Å². The minimum absolute atomic E-state index is 0.00315. The van der Waals surface area contributed by atoms with Crippen molar-refractivity contribution < 1.29 is 4.74 Å². The van der Waals surface area contributed by atoms with Gasteiger partial charge in [-0.25, -0.2) is 4.79 Å². The second-order valence-electron chi connectivity index (χ2n) is 3.64. The lowest BCUT2D eigenvalue weighted by atomic mass is 10.3. The highest BCUT2D eigenvalue weighted by atomic mass is 16.5. The lowest BCUT2D eigenvalue weighted by molar-refractivity contribution is 0.173. The molecule has 1 heterocycles. The van der Waals surface area contributed by atoms with Gasteiger partial charge in [-0.05, 0) is 6.42 Å². The van der Waals surface area contributed by atoms with E-state index in [2.05, 4.69) is 0 Å². The van der Waals surface area contributed by atoms with Crippen LogP contribution in [0.5, 0.6) is 0 Å². The molecule has 0 saturated heterocycles. The van der Waals surface area contributed by atoms with Gasteiger partial charge in [-0.1, -0.05) is 6.92 Å². The average Bonchev–Trinajstić information content (AvgIpc) is 2.51. The van der Waals surface area contributed by atoms with Gasteiger partial charge in [0.25, 0.3) is 0 Å². The highest BCUT2D eigenvalue weighted by molar-refractivity contribution is 4.82. The average molecular weight is 213 g/mol. The van der Waals surface area contributed by atoms with Gasteiger partial charge in [0.1, 0.15) is 0 Å². The van der Waals surface area contributed by atoms with Gasteiger partial charge in [-0.2, -0.15) is 0 Å². The van der Waals surface area contributed by atoms with Crippen LogP contribution < -0.4 is 11.4 Å². The maximum atomic E-state index is 11.7. The molecule has 1 aromatic heterocycles. The molecule has 1 unspecified atom stereocenters. The fourth-order valence-electron chi connectivity index (χ4n) is 1.52. The normalized spacial score (nSPS) is 13.0. The second-order valence-corrected chi connectivity index (χ2v) is 3.64. The third kappa shape index (κ3) is 3.21. The summed E-state index contributed by atoms with van der Waals surface area (Å²) < 4.78 is 8.24. The topological polar surface area (TPSA) is 62.2 Å². The highest BCUT2D eigenvalue weighted by Crippen LogP contribution is 1.91. The van der Waals surface area contributed by atoms with Crippen LogP contribution in [0, 0.1) is 0 Å². The first-order chi connectivity index (χ1) is 7.19. The van der Waals surface area contributed by atoms with E-state index in [0.717, 1.165) is 13.0 Å². The van der Waals surface area contributed by atoms with Crippen molar-refractivity contribution in [2.24, 2.45) is 5.73 Å². The summed E-state index contributed by atoms with van der Waals surface area (Å²) in [6.45, 7) is 3.76. The molecule has 1 aromatic rings. The Morgan fingerprint density at radius 2 is 2.13 bits per heavy atom. The van der Waals surface area contributed by atoms with Gasteiger partial charge < -0.3 is 10.5 Å². The number of hydrogen-bond donors (Lipinski definition) is 1. The van der Waals surface area contributed by atoms with E-state index in [1.165, 1.54) is 0 Å². The van der Waals surface area contributed by atoms with Gasteiger partial charge in [-0.15, -0.1) is 0 Å². The number of hydrogen-bond acceptors (Lipinski definition) is 3. The van der Waals surface area contributed by atoms with Gasteiger partial charge in [0.15, 0.2) is 0 Å². The lowest BCUT2D eigenvalue weighted by Gasteiger charge is -2.09. The van der Waals surface area contributed by atoms with Crippen molar-refractivity contribution in [3.63, 3.8) is 0 Å². The quantitative estimate of drug-likeness (QED) is 0.725. The van der Waals surface area contributed by atoms with Gasteiger partial charge in [-0.3, -0.25) is 9.13 Å². The lowest BCUT2D eigenvalue weighted by Crippen LogP contribution is -2.35. The molecule has 1 atom stereocenters. The summed E-state index contributed by atoms with van der Waals surface area (Å²) in [6.07, 6.45) is 4.52.